The monoisotopic (exact) mass is 544 g/mol. The molecule has 0 saturated heterocycles. The maximum atomic E-state index is 12.7. The van der Waals surface area contributed by atoms with E-state index in [2.05, 4.69) is 43.0 Å². The number of pyridine rings is 2. The van der Waals surface area contributed by atoms with Crippen molar-refractivity contribution >= 4 is 28.1 Å². The predicted octanol–water partition coefficient (Wildman–Crippen LogP) is 4.64. The molecule has 0 aliphatic carbocycles. The number of carbonyl (C=O) groups excluding carboxylic acids is 1. The number of fused-ring (bicyclic) bond motifs is 1. The molecule has 2 aromatic carbocycles. The van der Waals surface area contributed by atoms with Gasteiger partial charge >= 0.3 is 5.97 Å². The second-order valence-electron chi connectivity index (χ2n) is 10.9. The molecule has 0 aliphatic heterocycles. The molecular formula is C31H36N4O5. The van der Waals surface area contributed by atoms with Crippen LogP contribution in [0.5, 0.6) is 11.6 Å². The first kappa shape index (κ1) is 28.7. The fourth-order valence-electron chi connectivity index (χ4n) is 4.77. The molecule has 0 amide bonds. The van der Waals surface area contributed by atoms with Crippen LogP contribution in [0.1, 0.15) is 39.0 Å². The Labute approximate surface area is 233 Å². The highest BCUT2D eigenvalue weighted by Gasteiger charge is 2.31. The topological polar surface area (TPSA) is 111 Å². The molecule has 9 nitrogen and oxygen atoms in total. The number of nitrogens with zero attached hydrogens (tertiary/aromatic N) is 3. The van der Waals surface area contributed by atoms with E-state index in [-0.39, 0.29) is 23.9 Å². The van der Waals surface area contributed by atoms with Gasteiger partial charge in [-0.05, 0) is 54.0 Å². The summed E-state index contributed by atoms with van der Waals surface area (Å²) in [5, 5.41) is 4.83. The van der Waals surface area contributed by atoms with Gasteiger partial charge in [0.25, 0.3) is 10.9 Å². The van der Waals surface area contributed by atoms with E-state index in [4.69, 9.17) is 9.47 Å². The molecule has 40 heavy (non-hydrogen) atoms. The van der Waals surface area contributed by atoms with E-state index in [0.717, 1.165) is 22.0 Å². The Kier molecular flexibility index (Phi) is 8.82. The standard InChI is InChI=1S/C31H36N4O5/c1-18(2)16-35(17-19(3)4)27-26(28(36)29(27)37)34-25(31(38)39-6)14-21-7-9-23(10-8-21)40-30-24-15-32-12-11-22(24)13-20(5)33-30/h7-13,15,18-19,25,34H,14,16-17H2,1-6H3. The summed E-state index contributed by atoms with van der Waals surface area (Å²) in [6.07, 6.45) is 3.69. The number of methoxy groups -OCH3 is 1. The van der Waals surface area contributed by atoms with E-state index in [0.29, 0.717) is 30.4 Å². The molecule has 9 heteroatoms. The molecule has 0 bridgehead atoms. The van der Waals surface area contributed by atoms with Crippen molar-refractivity contribution in [2.45, 2.75) is 47.1 Å². The van der Waals surface area contributed by atoms with Crippen LogP contribution in [0.15, 0.2) is 58.4 Å². The maximum Gasteiger partial charge on any atom is 0.328 e. The van der Waals surface area contributed by atoms with E-state index in [1.807, 2.05) is 36.1 Å². The lowest BCUT2D eigenvalue weighted by molar-refractivity contribution is -0.141. The van der Waals surface area contributed by atoms with Crippen LogP contribution >= 0.6 is 0 Å². The molecule has 0 saturated carbocycles. The van der Waals surface area contributed by atoms with Gasteiger partial charge < -0.3 is 19.7 Å². The molecule has 1 N–H and O–H groups in total. The van der Waals surface area contributed by atoms with Crippen molar-refractivity contribution in [3.63, 3.8) is 0 Å². The van der Waals surface area contributed by atoms with Crippen LogP contribution in [0.2, 0.25) is 0 Å². The average Bonchev–Trinajstić information content (AvgIpc) is 2.91. The molecule has 2 heterocycles. The fourth-order valence-corrected chi connectivity index (χ4v) is 4.77. The van der Waals surface area contributed by atoms with Gasteiger partial charge in [-0.2, -0.15) is 0 Å². The molecule has 0 fully saturated rings. The van der Waals surface area contributed by atoms with Gasteiger partial charge in [0.1, 0.15) is 23.2 Å². The number of ether oxygens (including phenoxy) is 2. The second-order valence-corrected chi connectivity index (χ2v) is 10.9. The highest BCUT2D eigenvalue weighted by Crippen LogP contribution is 2.29. The summed E-state index contributed by atoms with van der Waals surface area (Å²) < 4.78 is 11.1. The van der Waals surface area contributed by atoms with Gasteiger partial charge in [-0.25, -0.2) is 9.78 Å². The lowest BCUT2D eigenvalue weighted by Crippen LogP contribution is -2.47. The van der Waals surface area contributed by atoms with Crippen molar-refractivity contribution in [3.8, 4) is 11.6 Å². The van der Waals surface area contributed by atoms with Gasteiger partial charge in [0.2, 0.25) is 5.88 Å². The van der Waals surface area contributed by atoms with Crippen molar-refractivity contribution in [3.05, 3.63) is 80.5 Å². The van der Waals surface area contributed by atoms with E-state index >= 15 is 0 Å². The Hall–Kier alpha value is -4.27. The van der Waals surface area contributed by atoms with Crippen LogP contribution in [0.3, 0.4) is 0 Å². The van der Waals surface area contributed by atoms with Crippen LogP contribution in [-0.2, 0) is 16.0 Å². The Morgan fingerprint density at radius 2 is 1.68 bits per heavy atom. The van der Waals surface area contributed by atoms with Crippen molar-refractivity contribution in [1.29, 1.82) is 0 Å². The number of carbonyl (C=O) groups is 1. The molecule has 1 atom stereocenters. The van der Waals surface area contributed by atoms with Crippen LogP contribution < -0.4 is 25.8 Å². The van der Waals surface area contributed by atoms with Crippen molar-refractivity contribution in [2.24, 2.45) is 11.8 Å². The number of esters is 1. The minimum Gasteiger partial charge on any atom is -0.467 e. The van der Waals surface area contributed by atoms with Gasteiger partial charge in [0.15, 0.2) is 0 Å². The summed E-state index contributed by atoms with van der Waals surface area (Å²) in [6, 6.07) is 10.3. The third kappa shape index (κ3) is 6.47. The lowest BCUT2D eigenvalue weighted by Gasteiger charge is -2.31. The summed E-state index contributed by atoms with van der Waals surface area (Å²) in [4.78, 5) is 48.6. The number of aromatic nitrogens is 2. The first-order chi connectivity index (χ1) is 19.1. The summed E-state index contributed by atoms with van der Waals surface area (Å²) in [5.74, 6) is 1.10. The maximum absolute atomic E-state index is 12.7. The summed E-state index contributed by atoms with van der Waals surface area (Å²) >= 11 is 0. The predicted molar refractivity (Wildman–Crippen MR) is 157 cm³/mol. The zero-order chi connectivity index (χ0) is 29.0. The normalized spacial score (nSPS) is 12.2. The highest BCUT2D eigenvalue weighted by molar-refractivity contribution is 5.86. The molecule has 0 radical (unpaired) electrons. The molecule has 4 rings (SSSR count). The molecular weight excluding hydrogens is 508 g/mol. The lowest BCUT2D eigenvalue weighted by atomic mass is 10.0. The number of aryl methyl sites for hydroxylation is 1. The molecule has 2 aromatic heterocycles. The Balaban J connectivity index is 1.54. The largest absolute Gasteiger partial charge is 0.467 e. The number of hydrogen-bond acceptors (Lipinski definition) is 9. The van der Waals surface area contributed by atoms with E-state index in [9.17, 15) is 14.4 Å². The van der Waals surface area contributed by atoms with Gasteiger partial charge in [0.05, 0.1) is 12.5 Å². The summed E-state index contributed by atoms with van der Waals surface area (Å²) in [5.41, 5.74) is 1.03. The van der Waals surface area contributed by atoms with Gasteiger partial charge in [0, 0.05) is 37.6 Å². The number of anilines is 2. The SMILES string of the molecule is COC(=O)C(Cc1ccc(Oc2nc(C)cc3ccncc23)cc1)Nc1c(N(CC(C)C)CC(C)C)c(=O)c1=O. The number of rotatable bonds is 12. The third-order valence-electron chi connectivity index (χ3n) is 6.48. The van der Waals surface area contributed by atoms with E-state index < -0.39 is 22.9 Å². The summed E-state index contributed by atoms with van der Waals surface area (Å²) in [6.45, 7) is 11.4. The minimum atomic E-state index is -0.854. The number of benzene rings is 1. The number of nitrogens with one attached hydrogen (secondary N) is 1. The van der Waals surface area contributed by atoms with Gasteiger partial charge in [-0.3, -0.25) is 14.6 Å². The smallest absolute Gasteiger partial charge is 0.328 e. The van der Waals surface area contributed by atoms with Gasteiger partial charge in [-0.15, -0.1) is 0 Å². The van der Waals surface area contributed by atoms with Crippen LogP contribution in [0.25, 0.3) is 10.8 Å². The Morgan fingerprint density at radius 3 is 2.30 bits per heavy atom. The molecule has 4 aromatic rings. The van der Waals surface area contributed by atoms with Gasteiger partial charge in [-0.1, -0.05) is 39.8 Å². The zero-order valence-electron chi connectivity index (χ0n) is 23.9. The second kappa shape index (κ2) is 12.3. The zero-order valence-corrected chi connectivity index (χ0v) is 23.9. The first-order valence-corrected chi connectivity index (χ1v) is 13.5. The summed E-state index contributed by atoms with van der Waals surface area (Å²) in [7, 11) is 1.30. The van der Waals surface area contributed by atoms with E-state index in [1.165, 1.54) is 7.11 Å². The molecule has 1 unspecified atom stereocenters. The number of hydrogen-bond donors (Lipinski definition) is 1. The third-order valence-corrected chi connectivity index (χ3v) is 6.48. The Bertz CT molecular complexity index is 1550. The molecule has 0 spiro atoms. The average molecular weight is 545 g/mol. The molecule has 210 valence electrons. The van der Waals surface area contributed by atoms with Crippen LogP contribution in [-0.4, -0.2) is 42.2 Å². The fraction of sp³-hybridized carbons (Fsp3) is 0.387. The van der Waals surface area contributed by atoms with Crippen LogP contribution in [0, 0.1) is 18.8 Å². The Morgan fingerprint density at radius 1 is 1.00 bits per heavy atom. The minimum absolute atomic E-state index is 0.174. The van der Waals surface area contributed by atoms with E-state index in [1.54, 1.807) is 24.5 Å². The van der Waals surface area contributed by atoms with Crippen molar-refractivity contribution < 1.29 is 14.3 Å². The van der Waals surface area contributed by atoms with Crippen LogP contribution in [0.4, 0.5) is 11.4 Å². The van der Waals surface area contributed by atoms with Crippen molar-refractivity contribution in [2.75, 3.05) is 30.4 Å². The van der Waals surface area contributed by atoms with Crippen molar-refractivity contribution in [1.82, 2.24) is 9.97 Å². The highest BCUT2D eigenvalue weighted by atomic mass is 16.5. The first-order valence-electron chi connectivity index (χ1n) is 13.5. The quantitative estimate of drug-likeness (QED) is 0.201. The molecule has 0 aliphatic rings.